The van der Waals surface area contributed by atoms with Crippen LogP contribution < -0.4 is 5.32 Å². The minimum Gasteiger partial charge on any atom is -0.478 e. The minimum atomic E-state index is -4.61. The first-order chi connectivity index (χ1) is 11.0. The zero-order valence-corrected chi connectivity index (χ0v) is 9.80. The van der Waals surface area contributed by atoms with Crippen molar-refractivity contribution in [3.05, 3.63) is 59.6 Å². The van der Waals surface area contributed by atoms with Crippen molar-refractivity contribution in [1.29, 1.82) is 0 Å². The summed E-state index contributed by atoms with van der Waals surface area (Å²) in [5.74, 6) is -1.63. The van der Waals surface area contributed by atoms with Crippen molar-refractivity contribution in [2.75, 3.05) is 5.32 Å². The van der Waals surface area contributed by atoms with Crippen LogP contribution in [0.15, 0.2) is 48.4 Å². The zero-order valence-electron chi connectivity index (χ0n) is 13.8. The van der Waals surface area contributed by atoms with Gasteiger partial charge in [-0.05, 0) is 30.3 Å². The monoisotopic (exact) mass is 285 g/mol. The minimum absolute atomic E-state index is 0.155. The van der Waals surface area contributed by atoms with Gasteiger partial charge in [0.25, 0.3) is 0 Å². The molecule has 0 radical (unpaired) electrons. The number of halogens is 3. The van der Waals surface area contributed by atoms with Gasteiger partial charge >= 0.3 is 12.1 Å². The van der Waals surface area contributed by atoms with Crippen LogP contribution in [0.4, 0.5) is 24.5 Å². The lowest BCUT2D eigenvalue weighted by Crippen LogP contribution is -2.06. The molecule has 0 unspecified atom stereocenters. The highest BCUT2D eigenvalue weighted by Crippen LogP contribution is 2.31. The Bertz CT molecular complexity index is 825. The Hall–Kier alpha value is -2.50. The molecule has 0 fully saturated rings. The van der Waals surface area contributed by atoms with Crippen LogP contribution in [0.2, 0.25) is 0 Å². The van der Waals surface area contributed by atoms with Gasteiger partial charge in [0, 0.05) is 5.69 Å². The summed E-state index contributed by atoms with van der Waals surface area (Å²) in [6, 6.07) is 0.936. The number of aromatic carboxylic acids is 1. The van der Waals surface area contributed by atoms with Crippen LogP contribution in [0.5, 0.6) is 0 Å². The van der Waals surface area contributed by atoms with Crippen molar-refractivity contribution < 1.29 is 28.6 Å². The average Bonchev–Trinajstić information content (AvgIpc) is 2.49. The van der Waals surface area contributed by atoms with Crippen molar-refractivity contribution in [3.63, 3.8) is 0 Å². The summed E-state index contributed by atoms with van der Waals surface area (Å²) in [6.45, 7) is 0. The first kappa shape index (κ1) is 9.41. The standard InChI is InChI=1S/C14H10F3NO2/c15-14(16,17)9-4-3-5-10(8-9)18-12-7-2-1-6-11(12)13(19)20/h1-8,18H,(H,19,20)/i1D,2D,6D,7D. The lowest BCUT2D eigenvalue weighted by atomic mass is 10.1. The van der Waals surface area contributed by atoms with E-state index in [2.05, 4.69) is 5.32 Å². The quantitative estimate of drug-likeness (QED) is 0.890. The molecule has 0 aliphatic heterocycles. The summed E-state index contributed by atoms with van der Waals surface area (Å²) in [5.41, 5.74) is -2.39. The number of benzene rings is 2. The molecular formula is C14H10F3NO2. The molecule has 2 rings (SSSR count). The summed E-state index contributed by atoms with van der Waals surface area (Å²) in [7, 11) is 0. The second-order valence-electron chi connectivity index (χ2n) is 3.76. The number of carboxylic acids is 1. The van der Waals surface area contributed by atoms with Crippen molar-refractivity contribution in [2.45, 2.75) is 6.18 Å². The molecule has 0 amide bonds. The number of para-hydroxylation sites is 1. The highest BCUT2D eigenvalue weighted by Gasteiger charge is 2.30. The van der Waals surface area contributed by atoms with Crippen molar-refractivity contribution in [3.8, 4) is 0 Å². The molecule has 0 saturated heterocycles. The largest absolute Gasteiger partial charge is 0.478 e. The fourth-order valence-electron chi connectivity index (χ4n) is 1.48. The zero-order chi connectivity index (χ0) is 18.2. The Morgan fingerprint density at radius 3 is 2.60 bits per heavy atom. The van der Waals surface area contributed by atoms with E-state index in [1.54, 1.807) is 0 Å². The van der Waals surface area contributed by atoms with Crippen LogP contribution in [-0.2, 0) is 6.18 Å². The van der Waals surface area contributed by atoms with E-state index >= 15 is 0 Å². The molecule has 3 nitrogen and oxygen atoms in total. The molecule has 0 aromatic heterocycles. The van der Waals surface area contributed by atoms with E-state index in [1.165, 1.54) is 6.07 Å². The molecule has 2 aromatic rings. The van der Waals surface area contributed by atoms with E-state index in [9.17, 15) is 23.1 Å². The summed E-state index contributed by atoms with van der Waals surface area (Å²) >= 11 is 0. The van der Waals surface area contributed by atoms with E-state index in [0.29, 0.717) is 6.07 Å². The third-order valence-corrected chi connectivity index (χ3v) is 2.36. The van der Waals surface area contributed by atoms with Gasteiger partial charge in [0.1, 0.15) is 0 Å². The fourth-order valence-corrected chi connectivity index (χ4v) is 1.48. The van der Waals surface area contributed by atoms with Gasteiger partial charge < -0.3 is 10.4 Å². The predicted molar refractivity (Wildman–Crippen MR) is 68.1 cm³/mol. The smallest absolute Gasteiger partial charge is 0.416 e. The van der Waals surface area contributed by atoms with Crippen LogP contribution in [0.25, 0.3) is 0 Å². The molecule has 0 spiro atoms. The summed E-state index contributed by atoms with van der Waals surface area (Å²) in [5, 5.41) is 11.5. The lowest BCUT2D eigenvalue weighted by Gasteiger charge is -2.12. The maximum Gasteiger partial charge on any atom is 0.416 e. The van der Waals surface area contributed by atoms with Gasteiger partial charge in [-0.3, -0.25) is 0 Å². The molecule has 0 bridgehead atoms. The number of nitrogens with one attached hydrogen (secondary N) is 1. The van der Waals surface area contributed by atoms with Crippen LogP contribution in [0.3, 0.4) is 0 Å². The van der Waals surface area contributed by atoms with Crippen molar-refractivity contribution in [1.82, 2.24) is 0 Å². The molecule has 20 heavy (non-hydrogen) atoms. The Morgan fingerprint density at radius 2 is 1.95 bits per heavy atom. The van der Waals surface area contributed by atoms with Crippen LogP contribution in [0.1, 0.15) is 21.4 Å². The van der Waals surface area contributed by atoms with Gasteiger partial charge in [0.2, 0.25) is 0 Å². The number of rotatable bonds is 3. The topological polar surface area (TPSA) is 49.3 Å². The number of hydrogen-bond donors (Lipinski definition) is 2. The molecule has 0 heterocycles. The molecule has 0 saturated carbocycles. The van der Waals surface area contributed by atoms with Gasteiger partial charge in [0.05, 0.1) is 22.3 Å². The van der Waals surface area contributed by atoms with Crippen molar-refractivity contribution in [2.24, 2.45) is 0 Å². The molecular weight excluding hydrogens is 271 g/mol. The highest BCUT2D eigenvalue weighted by molar-refractivity contribution is 5.95. The molecule has 0 aliphatic carbocycles. The normalized spacial score (nSPS) is 13.9. The fraction of sp³-hybridized carbons (Fsp3) is 0.0714. The van der Waals surface area contributed by atoms with Gasteiger partial charge in [-0.25, -0.2) is 4.79 Å². The maximum atomic E-state index is 12.7. The predicted octanol–water partition coefficient (Wildman–Crippen LogP) is 4.15. The number of hydrogen-bond acceptors (Lipinski definition) is 2. The molecule has 6 heteroatoms. The van der Waals surface area contributed by atoms with Crippen molar-refractivity contribution >= 4 is 17.3 Å². The second kappa shape index (κ2) is 5.24. The Labute approximate surface area is 118 Å². The van der Waals surface area contributed by atoms with Gasteiger partial charge in [-0.2, -0.15) is 13.2 Å². The van der Waals surface area contributed by atoms with E-state index in [-0.39, 0.29) is 5.69 Å². The van der Waals surface area contributed by atoms with Gasteiger partial charge in [-0.1, -0.05) is 18.2 Å². The molecule has 2 N–H and O–H groups in total. The van der Waals surface area contributed by atoms with Crippen LogP contribution in [-0.4, -0.2) is 11.1 Å². The Kier molecular flexibility index (Phi) is 2.47. The maximum absolute atomic E-state index is 12.7. The number of alkyl halides is 3. The number of carbonyl (C=O) groups is 1. The van der Waals surface area contributed by atoms with Crippen LogP contribution in [0, 0.1) is 0 Å². The Morgan fingerprint density at radius 1 is 1.25 bits per heavy atom. The first-order valence-electron chi connectivity index (χ1n) is 7.32. The van der Waals surface area contributed by atoms with E-state index in [4.69, 9.17) is 5.48 Å². The molecule has 2 aromatic carbocycles. The first-order valence-corrected chi connectivity index (χ1v) is 5.32. The molecule has 0 atom stereocenters. The van der Waals surface area contributed by atoms with E-state index in [1.807, 2.05) is 0 Å². The second-order valence-corrected chi connectivity index (χ2v) is 3.76. The summed E-state index contributed by atoms with van der Waals surface area (Å²) in [4.78, 5) is 11.3. The van der Waals surface area contributed by atoms with E-state index < -0.39 is 53.1 Å². The van der Waals surface area contributed by atoms with Gasteiger partial charge in [-0.15, -0.1) is 0 Å². The SMILES string of the molecule is [2H]c1c([2H])c([2H])c(C(=O)O)c(Nc2cccc(C(F)(F)F)c2)c1[2H]. The average molecular weight is 285 g/mol. The molecule has 0 aliphatic rings. The van der Waals surface area contributed by atoms with Crippen LogP contribution >= 0.6 is 0 Å². The van der Waals surface area contributed by atoms with Gasteiger partial charge in [0.15, 0.2) is 0 Å². The summed E-state index contributed by atoms with van der Waals surface area (Å²) < 4.78 is 68.6. The lowest BCUT2D eigenvalue weighted by molar-refractivity contribution is -0.137. The van der Waals surface area contributed by atoms with E-state index in [0.717, 1.165) is 12.1 Å². The number of anilines is 2. The summed E-state index contributed by atoms with van der Waals surface area (Å²) in [6.07, 6.45) is -4.61. The Balaban J connectivity index is 2.60. The highest BCUT2D eigenvalue weighted by atomic mass is 19.4. The third-order valence-electron chi connectivity index (χ3n) is 2.36. The third kappa shape index (κ3) is 3.09. The molecule has 104 valence electrons. The number of carboxylic acid groups (broad SMARTS) is 1.